The number of H-pyrrole nitrogens is 1. The number of nitrogens with one attached hydrogen (secondary N) is 2. The second-order valence-electron chi connectivity index (χ2n) is 16.2. The average molecular weight is 775 g/mol. The summed E-state index contributed by atoms with van der Waals surface area (Å²) in [5, 5.41) is 11.3. The van der Waals surface area contributed by atoms with Gasteiger partial charge in [0.2, 0.25) is 5.91 Å². The summed E-state index contributed by atoms with van der Waals surface area (Å²) in [6, 6.07) is 14.4. The van der Waals surface area contributed by atoms with Crippen LogP contribution in [0.2, 0.25) is 0 Å². The highest BCUT2D eigenvalue weighted by Crippen LogP contribution is 2.33. The number of nitrogens with zero attached hydrogens (tertiary/aromatic N) is 7. The zero-order chi connectivity index (χ0) is 39.5. The highest BCUT2D eigenvalue weighted by Gasteiger charge is 2.43. The molecular weight excluding hydrogens is 721 g/mol. The number of pyridine rings is 1. The van der Waals surface area contributed by atoms with Crippen LogP contribution < -0.4 is 20.9 Å². The van der Waals surface area contributed by atoms with E-state index in [1.807, 2.05) is 36.5 Å². The molecule has 8 rings (SSSR count). The van der Waals surface area contributed by atoms with Crippen molar-refractivity contribution in [3.05, 3.63) is 65.9 Å². The van der Waals surface area contributed by atoms with Gasteiger partial charge in [-0.05, 0) is 119 Å². The number of nitrogen functional groups attached to an aromatic ring is 1. The molecule has 0 radical (unpaired) electrons. The van der Waals surface area contributed by atoms with Crippen LogP contribution in [0, 0.1) is 11.8 Å². The minimum atomic E-state index is -1.01. The maximum Gasteiger partial charge on any atom is 0.262 e. The maximum atomic E-state index is 13.4. The summed E-state index contributed by atoms with van der Waals surface area (Å²) in [6.07, 6.45) is 8.72. The average Bonchev–Trinajstić information content (AvgIpc) is 3.78. The van der Waals surface area contributed by atoms with Crippen LogP contribution in [0.5, 0.6) is 0 Å². The molecule has 2 aromatic carbocycles. The van der Waals surface area contributed by atoms with Crippen molar-refractivity contribution in [1.29, 1.82) is 0 Å². The first kappa shape index (κ1) is 38.5. The van der Waals surface area contributed by atoms with E-state index in [-0.39, 0.29) is 12.8 Å². The molecule has 3 fully saturated rings. The Morgan fingerprint density at radius 2 is 1.63 bits per heavy atom. The molecule has 4 aliphatic heterocycles. The Kier molecular flexibility index (Phi) is 11.5. The Labute approximate surface area is 333 Å². The lowest BCUT2D eigenvalue weighted by Gasteiger charge is -2.39. The molecule has 4 aliphatic rings. The number of benzene rings is 2. The number of aromatic nitrogens is 3. The van der Waals surface area contributed by atoms with Crippen LogP contribution in [-0.4, -0.2) is 132 Å². The number of carbonyl (C=O) groups is 4. The Bertz CT molecular complexity index is 2100. The first-order valence-electron chi connectivity index (χ1n) is 20.6. The van der Waals surface area contributed by atoms with Crippen molar-refractivity contribution in [2.24, 2.45) is 11.8 Å². The van der Waals surface area contributed by atoms with Gasteiger partial charge in [0.05, 0.1) is 16.6 Å². The summed E-state index contributed by atoms with van der Waals surface area (Å²) in [6.45, 7) is 10.4. The second kappa shape index (κ2) is 17.0. The normalized spacial score (nSPS) is 19.4. The topological polar surface area (TPSA) is 164 Å². The lowest BCUT2D eigenvalue weighted by atomic mass is 9.90. The van der Waals surface area contributed by atoms with Crippen LogP contribution in [0.1, 0.15) is 65.7 Å². The second-order valence-corrected chi connectivity index (χ2v) is 16.2. The van der Waals surface area contributed by atoms with Crippen LogP contribution in [0.25, 0.3) is 22.2 Å². The minimum Gasteiger partial charge on any atom is -0.399 e. The number of likely N-dealkylation sites (N-methyl/N-ethyl adjacent to an activating group) is 1. The van der Waals surface area contributed by atoms with E-state index in [0.717, 1.165) is 115 Å². The molecule has 14 nitrogen and oxygen atoms in total. The van der Waals surface area contributed by atoms with E-state index >= 15 is 0 Å². The van der Waals surface area contributed by atoms with E-state index in [0.29, 0.717) is 23.3 Å². The molecule has 57 heavy (non-hydrogen) atoms. The third-order valence-electron chi connectivity index (χ3n) is 12.7. The number of imide groups is 1. The van der Waals surface area contributed by atoms with Gasteiger partial charge in [-0.25, -0.2) is 4.98 Å². The minimum absolute atomic E-state index is 0.0853. The highest BCUT2D eigenvalue weighted by molar-refractivity contribution is 6.23. The summed E-state index contributed by atoms with van der Waals surface area (Å²) in [5.74, 6) is 1.01. The van der Waals surface area contributed by atoms with Crippen LogP contribution in [0.4, 0.5) is 17.2 Å². The molecule has 0 aliphatic carbocycles. The van der Waals surface area contributed by atoms with Crippen LogP contribution in [-0.2, 0) is 9.59 Å². The van der Waals surface area contributed by atoms with E-state index < -0.39 is 23.8 Å². The number of rotatable bonds is 13. The van der Waals surface area contributed by atoms with Gasteiger partial charge in [0.1, 0.15) is 23.8 Å². The summed E-state index contributed by atoms with van der Waals surface area (Å²) >= 11 is 0. The molecule has 14 heteroatoms. The van der Waals surface area contributed by atoms with E-state index in [2.05, 4.69) is 41.2 Å². The van der Waals surface area contributed by atoms with Gasteiger partial charge >= 0.3 is 0 Å². The predicted octanol–water partition coefficient (Wildman–Crippen LogP) is 4.04. The monoisotopic (exact) mass is 774 g/mol. The number of piperidine rings is 2. The first-order chi connectivity index (χ1) is 27.8. The molecule has 2 aromatic heterocycles. The molecule has 6 heterocycles. The maximum absolute atomic E-state index is 13.4. The number of hydrogen-bond donors (Lipinski definition) is 3. The van der Waals surface area contributed by atoms with Gasteiger partial charge in [0.15, 0.2) is 0 Å². The standard InChI is InChI=1S/C43H54N10O4/c1-45-41(55)38(3-2-24-54)53-42(56)34-6-5-33(27-35(34)43(53)57)51-18-12-30(13-19-51)28-50-16-10-29(11-17-50)9-15-49-20-22-52(23-21-49)39-25-31(8-14-46-39)40-36-26-32(44)4-7-37(36)47-48-40/h4-8,14,24-27,29-30,38H,2-3,9-13,15-23,28,44H2,1H3,(H,45,55)(H,47,48). The van der Waals surface area contributed by atoms with Gasteiger partial charge in [-0.15, -0.1) is 0 Å². The first-order valence-corrected chi connectivity index (χ1v) is 20.6. The molecule has 0 bridgehead atoms. The largest absolute Gasteiger partial charge is 0.399 e. The zero-order valence-corrected chi connectivity index (χ0v) is 32.9. The predicted molar refractivity (Wildman–Crippen MR) is 221 cm³/mol. The number of amides is 3. The number of hydrogen-bond acceptors (Lipinski definition) is 11. The summed E-state index contributed by atoms with van der Waals surface area (Å²) in [4.78, 5) is 65.9. The fourth-order valence-corrected chi connectivity index (χ4v) is 9.25. The molecule has 3 amide bonds. The number of carbonyl (C=O) groups excluding carboxylic acids is 4. The Hall–Kier alpha value is -5.34. The summed E-state index contributed by atoms with van der Waals surface area (Å²) < 4.78 is 0. The number of fused-ring (bicyclic) bond motifs is 2. The van der Waals surface area contributed by atoms with Crippen molar-refractivity contribution in [1.82, 2.24) is 35.2 Å². The van der Waals surface area contributed by atoms with Crippen molar-refractivity contribution in [3.8, 4) is 11.3 Å². The van der Waals surface area contributed by atoms with Crippen molar-refractivity contribution < 1.29 is 19.2 Å². The van der Waals surface area contributed by atoms with Gasteiger partial charge in [0, 0.05) is 87.8 Å². The number of aromatic amines is 1. The highest BCUT2D eigenvalue weighted by atomic mass is 16.2. The summed E-state index contributed by atoms with van der Waals surface area (Å²) in [5.41, 5.74) is 11.3. The van der Waals surface area contributed by atoms with Crippen molar-refractivity contribution in [2.45, 2.75) is 51.0 Å². The van der Waals surface area contributed by atoms with E-state index in [1.165, 1.54) is 39.4 Å². The van der Waals surface area contributed by atoms with Crippen LogP contribution in [0.15, 0.2) is 54.7 Å². The fourth-order valence-electron chi connectivity index (χ4n) is 9.25. The van der Waals surface area contributed by atoms with Gasteiger partial charge < -0.3 is 30.5 Å². The molecule has 4 aromatic rings. The number of likely N-dealkylation sites (tertiary alicyclic amines) is 1. The lowest BCUT2D eigenvalue weighted by Crippen LogP contribution is -2.48. The number of nitrogens with two attached hydrogens (primary N) is 1. The Morgan fingerprint density at radius 1 is 0.877 bits per heavy atom. The zero-order valence-electron chi connectivity index (χ0n) is 32.9. The smallest absolute Gasteiger partial charge is 0.262 e. The quantitative estimate of drug-likeness (QED) is 0.102. The number of aldehydes is 1. The van der Waals surface area contributed by atoms with E-state index in [9.17, 15) is 19.2 Å². The van der Waals surface area contributed by atoms with Crippen molar-refractivity contribution in [2.75, 3.05) is 88.0 Å². The van der Waals surface area contributed by atoms with Crippen molar-refractivity contribution in [3.63, 3.8) is 0 Å². The van der Waals surface area contributed by atoms with Gasteiger partial charge in [-0.3, -0.25) is 29.3 Å². The number of piperazine rings is 1. The SMILES string of the molecule is CNC(=O)C(CCC=O)N1C(=O)c2ccc(N3CCC(CN4CCC(CCN5CCN(c6cc(-c7n[nH]c8ccc(N)cc78)ccn6)CC5)CC4)CC3)cc2C1=O. The molecule has 0 spiro atoms. The van der Waals surface area contributed by atoms with Gasteiger partial charge in [-0.1, -0.05) is 0 Å². The molecule has 1 atom stereocenters. The van der Waals surface area contributed by atoms with Crippen LogP contribution >= 0.6 is 0 Å². The lowest BCUT2D eigenvalue weighted by molar-refractivity contribution is -0.124. The third kappa shape index (κ3) is 8.24. The molecule has 0 saturated carbocycles. The number of anilines is 3. The fraction of sp³-hybridized carbons (Fsp3) is 0.488. The van der Waals surface area contributed by atoms with Gasteiger partial charge in [0.25, 0.3) is 11.8 Å². The Morgan fingerprint density at radius 3 is 2.39 bits per heavy atom. The van der Waals surface area contributed by atoms with Gasteiger partial charge in [-0.2, -0.15) is 5.10 Å². The van der Waals surface area contributed by atoms with E-state index in [1.54, 1.807) is 12.1 Å². The molecule has 3 saturated heterocycles. The molecule has 1 unspecified atom stereocenters. The molecular formula is C43H54N10O4. The molecule has 300 valence electrons. The Balaban J connectivity index is 0.753. The summed E-state index contributed by atoms with van der Waals surface area (Å²) in [7, 11) is 1.46. The molecule has 4 N–H and O–H groups in total. The van der Waals surface area contributed by atoms with Crippen molar-refractivity contribution >= 4 is 52.1 Å². The van der Waals surface area contributed by atoms with E-state index in [4.69, 9.17) is 10.7 Å². The third-order valence-corrected chi connectivity index (χ3v) is 12.7. The van der Waals surface area contributed by atoms with Crippen LogP contribution in [0.3, 0.4) is 0 Å².